The Balaban J connectivity index is 0.00000200. The number of rotatable bonds is 4. The van der Waals surface area contributed by atoms with Crippen molar-refractivity contribution >= 4 is 24.0 Å². The average molecular weight is 325 g/mol. The second kappa shape index (κ2) is 7.87. The molecule has 0 aliphatic carbocycles. The SMILES string of the molecule is F[B-](F)(F)c1ccc(OCc2cccc(Cl)c2)cc1.[K+]. The molecule has 0 N–H and O–H groups in total. The standard InChI is InChI=1S/C13H10BClF3O.K/c15-12-3-1-2-10(8-12)9-19-13-6-4-11(5-7-13)14(16,17)18;/h1-8H,9H2;/q-1;+1. The van der Waals surface area contributed by atoms with E-state index < -0.39 is 12.4 Å². The van der Waals surface area contributed by atoms with E-state index >= 15 is 0 Å². The number of halogens is 4. The predicted molar refractivity (Wildman–Crippen MR) is 70.9 cm³/mol. The topological polar surface area (TPSA) is 9.23 Å². The third kappa shape index (κ3) is 5.43. The first-order chi connectivity index (χ1) is 8.95. The van der Waals surface area contributed by atoms with E-state index in [-0.39, 0.29) is 58.0 Å². The van der Waals surface area contributed by atoms with Crippen LogP contribution in [0.5, 0.6) is 5.75 Å². The molecule has 0 aliphatic rings. The maximum absolute atomic E-state index is 12.4. The minimum absolute atomic E-state index is 0. The van der Waals surface area contributed by atoms with Crippen molar-refractivity contribution < 1.29 is 69.1 Å². The molecule has 20 heavy (non-hydrogen) atoms. The summed E-state index contributed by atoms with van der Waals surface area (Å²) in [5, 5.41) is 0.594. The van der Waals surface area contributed by atoms with Gasteiger partial charge < -0.3 is 17.7 Å². The molecule has 0 radical (unpaired) electrons. The van der Waals surface area contributed by atoms with Crippen LogP contribution >= 0.6 is 11.6 Å². The van der Waals surface area contributed by atoms with Crippen LogP contribution in [0.15, 0.2) is 48.5 Å². The molecule has 0 aliphatic heterocycles. The summed E-state index contributed by atoms with van der Waals surface area (Å²) in [6, 6.07) is 11.8. The Morgan fingerprint density at radius 3 is 2.20 bits per heavy atom. The van der Waals surface area contributed by atoms with Crippen molar-refractivity contribution in [2.75, 3.05) is 0 Å². The summed E-state index contributed by atoms with van der Waals surface area (Å²) >= 11 is 5.82. The van der Waals surface area contributed by atoms with E-state index in [9.17, 15) is 12.9 Å². The molecule has 0 aromatic heterocycles. The van der Waals surface area contributed by atoms with Crippen molar-refractivity contribution in [1.82, 2.24) is 0 Å². The third-order valence-corrected chi connectivity index (χ3v) is 2.79. The van der Waals surface area contributed by atoms with Gasteiger partial charge in [0.25, 0.3) is 0 Å². The minimum atomic E-state index is -4.96. The van der Waals surface area contributed by atoms with Gasteiger partial charge in [-0.3, -0.25) is 0 Å². The smallest absolute Gasteiger partial charge is 0.489 e. The Bertz CT molecular complexity index is 560. The van der Waals surface area contributed by atoms with Gasteiger partial charge in [-0.25, -0.2) is 0 Å². The summed E-state index contributed by atoms with van der Waals surface area (Å²) in [5.41, 5.74) is 0.228. The average Bonchev–Trinajstić information content (AvgIpc) is 2.36. The van der Waals surface area contributed by atoms with Gasteiger partial charge in [-0.1, -0.05) is 35.9 Å². The molecule has 0 heterocycles. The monoisotopic (exact) mass is 324 g/mol. The Labute approximate surface area is 162 Å². The minimum Gasteiger partial charge on any atom is -0.489 e. The zero-order valence-corrected chi connectivity index (χ0v) is 14.7. The second-order valence-electron chi connectivity index (χ2n) is 4.06. The van der Waals surface area contributed by atoms with Gasteiger partial charge in [-0.05, 0) is 29.8 Å². The van der Waals surface area contributed by atoms with E-state index in [1.165, 1.54) is 12.1 Å². The molecule has 0 unspecified atom stereocenters. The number of hydrogen-bond donors (Lipinski definition) is 0. The van der Waals surface area contributed by atoms with Crippen LogP contribution in [0.2, 0.25) is 5.02 Å². The zero-order valence-electron chi connectivity index (χ0n) is 10.8. The van der Waals surface area contributed by atoms with Crippen LogP contribution in [0, 0.1) is 0 Å². The molecular weight excluding hydrogens is 314 g/mol. The second-order valence-corrected chi connectivity index (χ2v) is 4.50. The van der Waals surface area contributed by atoms with Crippen LogP contribution in [0.4, 0.5) is 12.9 Å². The van der Waals surface area contributed by atoms with Gasteiger partial charge in [-0.15, -0.1) is 5.46 Å². The van der Waals surface area contributed by atoms with E-state index in [1.807, 2.05) is 6.07 Å². The van der Waals surface area contributed by atoms with Gasteiger partial charge in [0, 0.05) is 5.02 Å². The Morgan fingerprint density at radius 1 is 1.00 bits per heavy atom. The molecule has 7 heteroatoms. The summed E-state index contributed by atoms with van der Waals surface area (Å²) in [7, 11) is 0. The maximum atomic E-state index is 12.4. The van der Waals surface area contributed by atoms with Crippen molar-refractivity contribution in [3.8, 4) is 5.75 Å². The number of hydrogen-bond acceptors (Lipinski definition) is 1. The molecule has 0 amide bonds. The summed E-state index contributed by atoms with van der Waals surface area (Å²) in [6.07, 6.45) is 0. The molecule has 0 spiro atoms. The summed E-state index contributed by atoms with van der Waals surface area (Å²) in [5.74, 6) is 0.392. The van der Waals surface area contributed by atoms with Gasteiger partial charge in [0.05, 0.1) is 0 Å². The fourth-order valence-electron chi connectivity index (χ4n) is 1.58. The summed E-state index contributed by atoms with van der Waals surface area (Å²) < 4.78 is 42.7. The van der Waals surface area contributed by atoms with Gasteiger partial charge >= 0.3 is 58.4 Å². The molecule has 0 fully saturated rings. The Hall–Kier alpha value is 0.0213. The molecule has 2 aromatic rings. The Kier molecular flexibility index (Phi) is 7.11. The normalized spacial score (nSPS) is 10.8. The van der Waals surface area contributed by atoms with Gasteiger partial charge in [0.2, 0.25) is 0 Å². The van der Waals surface area contributed by atoms with Crippen molar-refractivity contribution in [2.24, 2.45) is 0 Å². The van der Waals surface area contributed by atoms with Crippen LogP contribution in [-0.4, -0.2) is 6.98 Å². The largest absolute Gasteiger partial charge is 1.00 e. The molecule has 2 aromatic carbocycles. The van der Waals surface area contributed by atoms with Crippen molar-refractivity contribution in [2.45, 2.75) is 6.61 Å². The first-order valence-corrected chi connectivity index (χ1v) is 6.00. The third-order valence-electron chi connectivity index (χ3n) is 2.55. The zero-order chi connectivity index (χ0) is 13.9. The fraction of sp³-hybridized carbons (Fsp3) is 0.0769. The molecular formula is C13H10BClF3KO. The number of benzene rings is 2. The van der Waals surface area contributed by atoms with Crippen molar-refractivity contribution in [3.63, 3.8) is 0 Å². The first-order valence-electron chi connectivity index (χ1n) is 5.62. The van der Waals surface area contributed by atoms with E-state index in [0.717, 1.165) is 17.7 Å². The molecule has 1 nitrogen and oxygen atoms in total. The molecule has 2 rings (SSSR count). The van der Waals surface area contributed by atoms with E-state index in [4.69, 9.17) is 16.3 Å². The van der Waals surface area contributed by atoms with Crippen LogP contribution in [0.1, 0.15) is 5.56 Å². The van der Waals surface area contributed by atoms with Gasteiger partial charge in [-0.2, -0.15) is 0 Å². The maximum Gasteiger partial charge on any atom is 1.00 e. The quantitative estimate of drug-likeness (QED) is 0.762. The molecule has 100 valence electrons. The van der Waals surface area contributed by atoms with Gasteiger partial charge in [0.1, 0.15) is 12.4 Å². The van der Waals surface area contributed by atoms with E-state index in [2.05, 4.69) is 0 Å². The first kappa shape index (κ1) is 18.1. The predicted octanol–water partition coefficient (Wildman–Crippen LogP) is 0.977. The fourth-order valence-corrected chi connectivity index (χ4v) is 1.79. The molecule has 0 atom stereocenters. The Morgan fingerprint density at radius 2 is 1.65 bits per heavy atom. The van der Waals surface area contributed by atoms with E-state index in [0.29, 0.717) is 10.8 Å². The van der Waals surface area contributed by atoms with Crippen LogP contribution in [-0.2, 0) is 6.61 Å². The summed E-state index contributed by atoms with van der Waals surface area (Å²) in [4.78, 5) is 0. The van der Waals surface area contributed by atoms with Crippen molar-refractivity contribution in [3.05, 3.63) is 59.1 Å². The molecule has 0 bridgehead atoms. The number of ether oxygens (including phenoxy) is 1. The van der Waals surface area contributed by atoms with E-state index in [1.54, 1.807) is 18.2 Å². The van der Waals surface area contributed by atoms with Crippen LogP contribution in [0.25, 0.3) is 0 Å². The summed E-state index contributed by atoms with van der Waals surface area (Å²) in [6.45, 7) is -4.69. The van der Waals surface area contributed by atoms with Crippen molar-refractivity contribution in [1.29, 1.82) is 0 Å². The van der Waals surface area contributed by atoms with Crippen LogP contribution in [0.3, 0.4) is 0 Å². The van der Waals surface area contributed by atoms with Crippen LogP contribution < -0.4 is 61.6 Å². The van der Waals surface area contributed by atoms with Gasteiger partial charge in [0.15, 0.2) is 0 Å². The molecule has 0 saturated carbocycles. The molecule has 0 saturated heterocycles.